The number of rotatable bonds is 7. The first-order valence-corrected chi connectivity index (χ1v) is 7.37. The van der Waals surface area contributed by atoms with Crippen molar-refractivity contribution in [2.75, 3.05) is 19.6 Å². The van der Waals surface area contributed by atoms with Crippen LogP contribution in [-0.4, -0.2) is 58.5 Å². The fourth-order valence-electron chi connectivity index (χ4n) is 2.72. The second kappa shape index (κ2) is 7.85. The van der Waals surface area contributed by atoms with Crippen LogP contribution in [0.4, 0.5) is 4.79 Å². The lowest BCUT2D eigenvalue weighted by molar-refractivity contribution is -0.138. The normalized spacial score (nSPS) is 15.2. The first-order chi connectivity index (χ1) is 9.81. The summed E-state index contributed by atoms with van der Waals surface area (Å²) >= 11 is 0. The van der Waals surface area contributed by atoms with E-state index >= 15 is 0 Å². The summed E-state index contributed by atoms with van der Waals surface area (Å²) in [6, 6.07) is -0.277. The zero-order valence-corrected chi connectivity index (χ0v) is 12.7. The van der Waals surface area contributed by atoms with Gasteiger partial charge in [0.1, 0.15) is 13.1 Å². The van der Waals surface area contributed by atoms with Crippen LogP contribution >= 0.6 is 0 Å². The smallest absolute Gasteiger partial charge is 0.323 e. The van der Waals surface area contributed by atoms with E-state index in [9.17, 15) is 14.4 Å². The summed E-state index contributed by atoms with van der Waals surface area (Å²) in [4.78, 5) is 37.3. The Hall–Kier alpha value is -1.79. The summed E-state index contributed by atoms with van der Waals surface area (Å²) in [6.07, 6.45) is 3.99. The molecule has 1 aliphatic rings. The van der Waals surface area contributed by atoms with Gasteiger partial charge in [-0.25, -0.2) is 4.79 Å². The van der Waals surface area contributed by atoms with Gasteiger partial charge in [0, 0.05) is 12.6 Å². The fraction of sp³-hybridized carbons (Fsp3) is 0.786. The molecule has 21 heavy (non-hydrogen) atoms. The number of amides is 3. The van der Waals surface area contributed by atoms with Crippen LogP contribution in [0.5, 0.6) is 0 Å². The Bertz CT molecular complexity index is 376. The number of carbonyl (C=O) groups is 3. The van der Waals surface area contributed by atoms with Gasteiger partial charge < -0.3 is 20.6 Å². The Labute approximate surface area is 125 Å². The molecule has 1 rings (SSSR count). The van der Waals surface area contributed by atoms with Gasteiger partial charge in [-0.15, -0.1) is 0 Å². The maximum atomic E-state index is 12.6. The molecule has 0 aromatic heterocycles. The van der Waals surface area contributed by atoms with Gasteiger partial charge in [-0.2, -0.15) is 0 Å². The molecule has 0 radical (unpaired) electrons. The highest BCUT2D eigenvalue weighted by molar-refractivity contribution is 5.86. The van der Waals surface area contributed by atoms with Crippen molar-refractivity contribution in [1.29, 1.82) is 0 Å². The first-order valence-electron chi connectivity index (χ1n) is 7.37. The molecule has 0 spiro atoms. The minimum absolute atomic E-state index is 0.129. The van der Waals surface area contributed by atoms with E-state index in [0.29, 0.717) is 6.54 Å². The molecule has 0 atom stereocenters. The lowest BCUT2D eigenvalue weighted by atomic mass is 10.1. The number of hydrogen-bond donors (Lipinski definition) is 2. The third-order valence-electron chi connectivity index (χ3n) is 3.52. The van der Waals surface area contributed by atoms with E-state index in [0.717, 1.165) is 30.6 Å². The van der Waals surface area contributed by atoms with Crippen molar-refractivity contribution >= 4 is 17.9 Å². The maximum absolute atomic E-state index is 12.6. The monoisotopic (exact) mass is 299 g/mol. The number of carboxylic acids is 1. The summed E-state index contributed by atoms with van der Waals surface area (Å²) < 4.78 is 0. The van der Waals surface area contributed by atoms with Gasteiger partial charge in [-0.1, -0.05) is 26.7 Å². The molecule has 120 valence electrons. The molecule has 0 heterocycles. The summed E-state index contributed by atoms with van der Waals surface area (Å²) in [6.45, 7) is 3.68. The van der Waals surface area contributed by atoms with Crippen LogP contribution in [0.25, 0.3) is 0 Å². The first kappa shape index (κ1) is 17.3. The average Bonchev–Trinajstić information content (AvgIpc) is 2.86. The molecular formula is C14H25N3O4. The zero-order chi connectivity index (χ0) is 16.0. The van der Waals surface area contributed by atoms with E-state index in [-0.39, 0.29) is 18.5 Å². The van der Waals surface area contributed by atoms with Crippen molar-refractivity contribution in [3.8, 4) is 0 Å². The Balaban J connectivity index is 2.86. The number of carbonyl (C=O) groups excluding carboxylic acids is 2. The molecule has 1 fully saturated rings. The molecular weight excluding hydrogens is 274 g/mol. The number of hydrogen-bond acceptors (Lipinski definition) is 3. The maximum Gasteiger partial charge on any atom is 0.323 e. The van der Waals surface area contributed by atoms with E-state index in [1.165, 1.54) is 0 Å². The van der Waals surface area contributed by atoms with Crippen LogP contribution in [0.3, 0.4) is 0 Å². The van der Waals surface area contributed by atoms with Crippen LogP contribution in [-0.2, 0) is 9.59 Å². The van der Waals surface area contributed by atoms with Crippen molar-refractivity contribution in [1.82, 2.24) is 9.80 Å². The highest BCUT2D eigenvalue weighted by Gasteiger charge is 2.31. The van der Waals surface area contributed by atoms with Crippen molar-refractivity contribution in [2.24, 2.45) is 11.7 Å². The molecule has 3 N–H and O–H groups in total. The molecule has 3 amide bonds. The minimum atomic E-state index is -1.15. The molecule has 1 aliphatic carbocycles. The van der Waals surface area contributed by atoms with Crippen LogP contribution < -0.4 is 5.73 Å². The molecule has 0 aromatic rings. The third kappa shape index (κ3) is 5.61. The molecule has 0 aromatic carbocycles. The molecule has 0 unspecified atom stereocenters. The zero-order valence-electron chi connectivity index (χ0n) is 12.7. The molecule has 0 saturated heterocycles. The minimum Gasteiger partial charge on any atom is -0.480 e. The van der Waals surface area contributed by atoms with E-state index in [2.05, 4.69) is 0 Å². The topological polar surface area (TPSA) is 104 Å². The molecule has 0 aliphatic heterocycles. The Morgan fingerprint density at radius 3 is 2.19 bits per heavy atom. The van der Waals surface area contributed by atoms with Gasteiger partial charge in [0.05, 0.1) is 0 Å². The lowest BCUT2D eigenvalue weighted by Gasteiger charge is -2.34. The second-order valence-electron chi connectivity index (χ2n) is 5.98. The number of nitrogens with zero attached hydrogens (tertiary/aromatic N) is 2. The number of nitrogens with two attached hydrogens (primary N) is 1. The summed E-state index contributed by atoms with van der Waals surface area (Å²) in [7, 11) is 0. The highest BCUT2D eigenvalue weighted by Crippen LogP contribution is 2.25. The van der Waals surface area contributed by atoms with E-state index in [1.54, 1.807) is 4.90 Å². The molecule has 1 saturated carbocycles. The Morgan fingerprint density at radius 2 is 1.76 bits per heavy atom. The van der Waals surface area contributed by atoms with Gasteiger partial charge in [0.2, 0.25) is 5.91 Å². The summed E-state index contributed by atoms with van der Waals surface area (Å²) in [5, 5.41) is 8.91. The number of primary amides is 1. The molecule has 0 bridgehead atoms. The number of carboxylic acid groups (broad SMARTS) is 1. The molecule has 7 heteroatoms. The van der Waals surface area contributed by atoms with Crippen LogP contribution in [0.15, 0.2) is 0 Å². The van der Waals surface area contributed by atoms with Gasteiger partial charge in [0.15, 0.2) is 0 Å². The standard InChI is InChI=1S/C14H25N3O4/c1-10(2)7-17(11-5-3-4-6-11)14(21)16(8-12(15)18)9-13(19)20/h10-11H,3-9H2,1-2H3,(H2,15,18)(H,19,20). The lowest BCUT2D eigenvalue weighted by Crippen LogP contribution is -2.52. The number of urea groups is 1. The molecule has 7 nitrogen and oxygen atoms in total. The summed E-state index contributed by atoms with van der Waals surface area (Å²) in [5.74, 6) is -1.59. The predicted octanol–water partition coefficient (Wildman–Crippen LogP) is 0.879. The van der Waals surface area contributed by atoms with Crippen molar-refractivity contribution in [3.05, 3.63) is 0 Å². The highest BCUT2D eigenvalue weighted by atomic mass is 16.4. The quantitative estimate of drug-likeness (QED) is 0.728. The summed E-state index contributed by atoms with van der Waals surface area (Å²) in [5.41, 5.74) is 5.12. The van der Waals surface area contributed by atoms with Crippen molar-refractivity contribution < 1.29 is 19.5 Å². The van der Waals surface area contributed by atoms with Gasteiger partial charge in [-0.3, -0.25) is 9.59 Å². The van der Waals surface area contributed by atoms with Gasteiger partial charge >= 0.3 is 12.0 Å². The van der Waals surface area contributed by atoms with Crippen LogP contribution in [0, 0.1) is 5.92 Å². The third-order valence-corrected chi connectivity index (χ3v) is 3.52. The van der Waals surface area contributed by atoms with Crippen molar-refractivity contribution in [3.63, 3.8) is 0 Å². The SMILES string of the molecule is CC(C)CN(C(=O)N(CC(N)=O)CC(=O)O)C1CCCC1. The fourth-order valence-corrected chi connectivity index (χ4v) is 2.72. The van der Waals surface area contributed by atoms with E-state index in [1.807, 2.05) is 13.8 Å². The largest absolute Gasteiger partial charge is 0.480 e. The Morgan fingerprint density at radius 1 is 1.19 bits per heavy atom. The van der Waals surface area contributed by atoms with Crippen LogP contribution in [0.2, 0.25) is 0 Å². The van der Waals surface area contributed by atoms with Gasteiger partial charge in [0.25, 0.3) is 0 Å². The van der Waals surface area contributed by atoms with Crippen molar-refractivity contribution in [2.45, 2.75) is 45.6 Å². The number of aliphatic carboxylic acids is 1. The van der Waals surface area contributed by atoms with E-state index < -0.39 is 24.5 Å². The Kier molecular flexibility index (Phi) is 6.45. The average molecular weight is 299 g/mol. The van der Waals surface area contributed by atoms with Crippen LogP contribution in [0.1, 0.15) is 39.5 Å². The van der Waals surface area contributed by atoms with E-state index in [4.69, 9.17) is 10.8 Å². The second-order valence-corrected chi connectivity index (χ2v) is 5.98. The van der Waals surface area contributed by atoms with Gasteiger partial charge in [-0.05, 0) is 18.8 Å². The predicted molar refractivity (Wildman–Crippen MR) is 77.6 cm³/mol.